The van der Waals surface area contributed by atoms with E-state index in [0.717, 1.165) is 11.8 Å². The Morgan fingerprint density at radius 3 is 2.69 bits per heavy atom. The topological polar surface area (TPSA) is 40.5 Å². The van der Waals surface area contributed by atoms with Crippen molar-refractivity contribution in [2.24, 2.45) is 0 Å². The van der Waals surface area contributed by atoms with Gasteiger partial charge in [-0.05, 0) is 24.3 Å². The molecule has 1 aromatic rings. The minimum Gasteiger partial charge on any atom is -0.507 e. The van der Waals surface area contributed by atoms with Crippen molar-refractivity contribution in [2.75, 3.05) is 12.9 Å². The van der Waals surface area contributed by atoms with Crippen LogP contribution < -0.4 is 0 Å². The number of halogens is 1. The lowest BCUT2D eigenvalue weighted by molar-refractivity contribution is 0.297. The second kappa shape index (κ2) is 4.48. The molecule has 0 amide bonds. The van der Waals surface area contributed by atoms with Gasteiger partial charge in [-0.1, -0.05) is 6.07 Å². The molecule has 4 heteroatoms. The van der Waals surface area contributed by atoms with Crippen molar-refractivity contribution < 1.29 is 14.6 Å². The molecule has 0 heterocycles. The van der Waals surface area contributed by atoms with E-state index in [1.54, 1.807) is 6.26 Å². The Morgan fingerprint density at radius 2 is 2.15 bits per heavy atom. The van der Waals surface area contributed by atoms with E-state index in [1.165, 1.54) is 12.1 Å². The highest BCUT2D eigenvalue weighted by atomic mass is 32.2. The Kier molecular flexibility index (Phi) is 3.57. The maximum absolute atomic E-state index is 13.4. The average Bonchev–Trinajstić information content (AvgIpc) is 2.11. The van der Waals surface area contributed by atoms with Crippen LogP contribution in [0.1, 0.15) is 5.56 Å². The quantitative estimate of drug-likeness (QED) is 0.734. The molecule has 0 bridgehead atoms. The lowest BCUT2D eigenvalue weighted by Gasteiger charge is -2.06. The molecule has 0 aliphatic carbocycles. The van der Waals surface area contributed by atoms with E-state index in [0.29, 0.717) is 5.56 Å². The van der Waals surface area contributed by atoms with Crippen LogP contribution >= 0.6 is 11.8 Å². The summed E-state index contributed by atoms with van der Waals surface area (Å²) >= 11 is 1.16. The molecule has 0 fully saturated rings. The number of benzene rings is 1. The Labute approximate surface area is 80.4 Å². The van der Waals surface area contributed by atoms with E-state index in [4.69, 9.17) is 5.11 Å². The highest BCUT2D eigenvalue weighted by Gasteiger charge is 2.11. The minimum atomic E-state index is -0.429. The molecule has 0 aromatic heterocycles. The van der Waals surface area contributed by atoms with Gasteiger partial charge in [-0.2, -0.15) is 0 Å². The molecule has 72 valence electrons. The zero-order valence-electron chi connectivity index (χ0n) is 7.25. The van der Waals surface area contributed by atoms with Crippen molar-refractivity contribution >= 4 is 11.8 Å². The van der Waals surface area contributed by atoms with Crippen molar-refractivity contribution in [3.05, 3.63) is 23.5 Å². The van der Waals surface area contributed by atoms with Gasteiger partial charge >= 0.3 is 0 Å². The maximum atomic E-state index is 13.4. The Bertz CT molecular complexity index is 302. The molecule has 0 saturated carbocycles. The first kappa shape index (κ1) is 10.3. The van der Waals surface area contributed by atoms with Crippen LogP contribution in [0.5, 0.6) is 5.75 Å². The fourth-order valence-electron chi connectivity index (χ4n) is 1.09. The van der Waals surface area contributed by atoms with Crippen molar-refractivity contribution in [2.45, 2.75) is 11.3 Å². The van der Waals surface area contributed by atoms with Gasteiger partial charge in [-0.3, -0.25) is 0 Å². The number of aromatic hydroxyl groups is 1. The second-order valence-corrected chi connectivity index (χ2v) is 3.38. The molecular formula is C9H11FO2S. The molecule has 0 atom stereocenters. The summed E-state index contributed by atoms with van der Waals surface area (Å²) in [5, 5.41) is 17.9. The number of hydrogen-bond donors (Lipinski definition) is 2. The van der Waals surface area contributed by atoms with Crippen LogP contribution in [0.4, 0.5) is 4.39 Å². The standard InChI is InChI=1S/C9H11FO2S/c1-13-9-7(12)3-2-6(4-5-11)8(9)10/h2-3,11-12H,4-5H2,1H3. The summed E-state index contributed by atoms with van der Waals surface area (Å²) in [6.07, 6.45) is 1.97. The molecule has 2 N–H and O–H groups in total. The Morgan fingerprint density at radius 1 is 1.46 bits per heavy atom. The number of phenolic OH excluding ortho intramolecular Hbond substituents is 1. The largest absolute Gasteiger partial charge is 0.507 e. The van der Waals surface area contributed by atoms with Gasteiger partial charge in [0.05, 0.1) is 4.90 Å². The third-order valence-corrected chi connectivity index (χ3v) is 2.54. The highest BCUT2D eigenvalue weighted by molar-refractivity contribution is 7.98. The van der Waals surface area contributed by atoms with Gasteiger partial charge in [0.2, 0.25) is 0 Å². The molecule has 0 saturated heterocycles. The SMILES string of the molecule is CSc1c(O)ccc(CCO)c1F. The molecule has 2 nitrogen and oxygen atoms in total. The van der Waals surface area contributed by atoms with Crippen LogP contribution in [0.3, 0.4) is 0 Å². The number of aliphatic hydroxyl groups is 1. The summed E-state index contributed by atoms with van der Waals surface area (Å²) in [5.74, 6) is -0.478. The molecule has 0 spiro atoms. The molecule has 0 aliphatic heterocycles. The molecule has 0 radical (unpaired) electrons. The molecule has 0 aliphatic rings. The normalized spacial score (nSPS) is 10.4. The van der Waals surface area contributed by atoms with E-state index in [2.05, 4.69) is 0 Å². The second-order valence-electron chi connectivity index (χ2n) is 2.56. The van der Waals surface area contributed by atoms with Gasteiger partial charge in [0, 0.05) is 6.61 Å². The summed E-state index contributed by atoms with van der Waals surface area (Å²) < 4.78 is 13.4. The fraction of sp³-hybridized carbons (Fsp3) is 0.333. The molecule has 1 aromatic carbocycles. The fourth-order valence-corrected chi connectivity index (χ4v) is 1.68. The maximum Gasteiger partial charge on any atom is 0.143 e. The van der Waals surface area contributed by atoms with E-state index in [1.807, 2.05) is 0 Å². The van der Waals surface area contributed by atoms with Crippen LogP contribution in [0.15, 0.2) is 17.0 Å². The van der Waals surface area contributed by atoms with Gasteiger partial charge in [-0.15, -0.1) is 11.8 Å². The van der Waals surface area contributed by atoms with Gasteiger partial charge in [0.1, 0.15) is 11.6 Å². The van der Waals surface area contributed by atoms with Gasteiger partial charge in [-0.25, -0.2) is 4.39 Å². The molecule has 1 rings (SSSR count). The third-order valence-electron chi connectivity index (χ3n) is 1.74. The predicted molar refractivity (Wildman–Crippen MR) is 50.6 cm³/mol. The first-order valence-electron chi connectivity index (χ1n) is 3.86. The number of rotatable bonds is 3. The lowest BCUT2D eigenvalue weighted by atomic mass is 10.1. The van der Waals surface area contributed by atoms with E-state index in [9.17, 15) is 9.50 Å². The van der Waals surface area contributed by atoms with Crippen molar-refractivity contribution in [3.8, 4) is 5.75 Å². The number of phenols is 1. The van der Waals surface area contributed by atoms with Crippen molar-refractivity contribution in [1.29, 1.82) is 0 Å². The van der Waals surface area contributed by atoms with Crippen LogP contribution in [-0.4, -0.2) is 23.1 Å². The number of thioether (sulfide) groups is 1. The summed E-state index contributed by atoms with van der Waals surface area (Å²) in [4.78, 5) is 0.242. The predicted octanol–water partition coefficient (Wildman–Crippen LogP) is 1.79. The highest BCUT2D eigenvalue weighted by Crippen LogP contribution is 2.31. The molecule has 13 heavy (non-hydrogen) atoms. The Hall–Kier alpha value is -0.740. The zero-order valence-corrected chi connectivity index (χ0v) is 8.07. The van der Waals surface area contributed by atoms with Crippen LogP contribution in [0.2, 0.25) is 0 Å². The number of hydrogen-bond acceptors (Lipinski definition) is 3. The summed E-state index contributed by atoms with van der Waals surface area (Å²) in [6, 6.07) is 2.93. The van der Waals surface area contributed by atoms with Crippen LogP contribution in [-0.2, 0) is 6.42 Å². The average molecular weight is 202 g/mol. The molecular weight excluding hydrogens is 191 g/mol. The van der Waals surface area contributed by atoms with E-state index < -0.39 is 5.82 Å². The van der Waals surface area contributed by atoms with Gasteiger partial charge in [0.25, 0.3) is 0 Å². The smallest absolute Gasteiger partial charge is 0.143 e. The van der Waals surface area contributed by atoms with E-state index >= 15 is 0 Å². The summed E-state index contributed by atoms with van der Waals surface area (Å²) in [6.45, 7) is -0.0878. The van der Waals surface area contributed by atoms with Crippen LogP contribution in [0, 0.1) is 5.82 Å². The zero-order chi connectivity index (χ0) is 9.84. The third kappa shape index (κ3) is 2.14. The number of aliphatic hydroxyl groups excluding tert-OH is 1. The molecule has 0 unspecified atom stereocenters. The summed E-state index contributed by atoms with van der Waals surface area (Å²) in [5.41, 5.74) is 0.435. The van der Waals surface area contributed by atoms with Crippen molar-refractivity contribution in [1.82, 2.24) is 0 Å². The first-order valence-corrected chi connectivity index (χ1v) is 5.08. The first-order chi connectivity index (χ1) is 6.20. The van der Waals surface area contributed by atoms with Gasteiger partial charge < -0.3 is 10.2 Å². The van der Waals surface area contributed by atoms with Crippen LogP contribution in [0.25, 0.3) is 0 Å². The van der Waals surface area contributed by atoms with Gasteiger partial charge in [0.15, 0.2) is 0 Å². The van der Waals surface area contributed by atoms with E-state index in [-0.39, 0.29) is 23.7 Å². The Balaban J connectivity index is 3.11. The van der Waals surface area contributed by atoms with Crippen molar-refractivity contribution in [3.63, 3.8) is 0 Å². The summed E-state index contributed by atoms with van der Waals surface area (Å²) in [7, 11) is 0. The minimum absolute atomic E-state index is 0.0494. The lowest BCUT2D eigenvalue weighted by Crippen LogP contribution is -1.96. The monoisotopic (exact) mass is 202 g/mol.